The summed E-state index contributed by atoms with van der Waals surface area (Å²) in [6, 6.07) is 2.77. The average molecular weight is 259 g/mol. The lowest BCUT2D eigenvalue weighted by Crippen LogP contribution is -2.43. The summed E-state index contributed by atoms with van der Waals surface area (Å²) in [6.45, 7) is 2.31. The zero-order valence-corrected chi connectivity index (χ0v) is 9.55. The van der Waals surface area contributed by atoms with E-state index >= 15 is 0 Å². The molecule has 0 aliphatic carbocycles. The van der Waals surface area contributed by atoms with E-state index in [1.807, 2.05) is 0 Å². The van der Waals surface area contributed by atoms with Crippen LogP contribution < -0.4 is 0 Å². The highest BCUT2D eigenvalue weighted by atomic mass is 19.2. The van der Waals surface area contributed by atoms with Crippen LogP contribution in [0.2, 0.25) is 0 Å². The minimum atomic E-state index is -1.98. The molecule has 1 saturated heterocycles. The van der Waals surface area contributed by atoms with E-state index in [2.05, 4.69) is 0 Å². The maximum Gasteiger partial charge on any atom is 0.159 e. The Morgan fingerprint density at radius 2 is 2.00 bits per heavy atom. The molecule has 18 heavy (non-hydrogen) atoms. The molecule has 1 fully saturated rings. The topological polar surface area (TPSA) is 69.9 Å². The van der Waals surface area contributed by atoms with E-state index in [4.69, 9.17) is 4.74 Å². The molecule has 1 unspecified atom stereocenters. The normalized spacial score (nSPS) is 33.7. The van der Waals surface area contributed by atoms with Crippen molar-refractivity contribution in [2.24, 2.45) is 0 Å². The SMILES string of the molecule is CC(O)[C@H]1O[CH][C@@](O)(c2ccc(F)c(F)c2)[C@@H]1O. The average Bonchev–Trinajstić information content (AvgIpc) is 2.61. The Morgan fingerprint density at radius 1 is 1.33 bits per heavy atom. The second-order valence-corrected chi connectivity index (χ2v) is 4.36. The number of aliphatic hydroxyl groups is 3. The smallest absolute Gasteiger partial charge is 0.159 e. The zero-order valence-electron chi connectivity index (χ0n) is 9.55. The van der Waals surface area contributed by atoms with E-state index in [1.165, 1.54) is 6.92 Å². The first kappa shape index (κ1) is 13.4. The Bertz CT molecular complexity index is 452. The van der Waals surface area contributed by atoms with Crippen LogP contribution in [0.3, 0.4) is 0 Å². The van der Waals surface area contributed by atoms with Gasteiger partial charge in [-0.05, 0) is 24.6 Å². The van der Waals surface area contributed by atoms with E-state index in [0.717, 1.165) is 24.8 Å². The van der Waals surface area contributed by atoms with Crippen molar-refractivity contribution in [1.82, 2.24) is 0 Å². The van der Waals surface area contributed by atoms with Crippen LogP contribution in [0, 0.1) is 18.2 Å². The fraction of sp³-hybridized carbons (Fsp3) is 0.417. The second-order valence-electron chi connectivity index (χ2n) is 4.36. The van der Waals surface area contributed by atoms with Crippen LogP contribution in [-0.4, -0.2) is 33.6 Å². The molecule has 1 aromatic rings. The number of benzene rings is 1. The molecular weight excluding hydrogens is 246 g/mol. The maximum absolute atomic E-state index is 13.1. The summed E-state index contributed by atoms with van der Waals surface area (Å²) >= 11 is 0. The molecule has 3 N–H and O–H groups in total. The minimum absolute atomic E-state index is 0.0444. The highest BCUT2D eigenvalue weighted by Crippen LogP contribution is 2.38. The Kier molecular flexibility index (Phi) is 3.37. The summed E-state index contributed by atoms with van der Waals surface area (Å²) in [5.41, 5.74) is -2.02. The first-order chi connectivity index (χ1) is 8.36. The third-order valence-corrected chi connectivity index (χ3v) is 3.02. The van der Waals surface area contributed by atoms with Gasteiger partial charge in [0.05, 0.1) is 6.10 Å². The number of hydrogen-bond donors (Lipinski definition) is 3. The van der Waals surface area contributed by atoms with Crippen LogP contribution in [0.25, 0.3) is 0 Å². The molecule has 1 heterocycles. The van der Waals surface area contributed by atoms with Crippen molar-refractivity contribution >= 4 is 0 Å². The Balaban J connectivity index is 2.34. The van der Waals surface area contributed by atoms with E-state index in [1.54, 1.807) is 0 Å². The molecular formula is C12H13F2O4. The summed E-state index contributed by atoms with van der Waals surface area (Å²) in [6.07, 6.45) is -3.51. The molecule has 4 atom stereocenters. The van der Waals surface area contributed by atoms with Gasteiger partial charge in [-0.15, -0.1) is 0 Å². The zero-order chi connectivity index (χ0) is 13.5. The summed E-state index contributed by atoms with van der Waals surface area (Å²) < 4.78 is 30.9. The molecule has 0 aromatic heterocycles. The van der Waals surface area contributed by atoms with E-state index in [0.29, 0.717) is 0 Å². The van der Waals surface area contributed by atoms with Gasteiger partial charge in [0.25, 0.3) is 0 Å². The predicted octanol–water partition coefficient (Wildman–Crippen LogP) is 0.455. The monoisotopic (exact) mass is 259 g/mol. The fourth-order valence-electron chi connectivity index (χ4n) is 1.94. The molecule has 4 nitrogen and oxygen atoms in total. The Labute approximate surface area is 102 Å². The largest absolute Gasteiger partial charge is 0.391 e. The fourth-order valence-corrected chi connectivity index (χ4v) is 1.94. The van der Waals surface area contributed by atoms with Gasteiger partial charge in [-0.25, -0.2) is 8.78 Å². The van der Waals surface area contributed by atoms with E-state index in [9.17, 15) is 24.1 Å². The summed E-state index contributed by atoms with van der Waals surface area (Å²) in [5, 5.41) is 29.5. The van der Waals surface area contributed by atoms with Crippen molar-refractivity contribution in [3.05, 3.63) is 42.0 Å². The number of ether oxygens (including phenoxy) is 1. The third-order valence-electron chi connectivity index (χ3n) is 3.02. The van der Waals surface area contributed by atoms with Crippen LogP contribution >= 0.6 is 0 Å². The molecule has 0 spiro atoms. The van der Waals surface area contributed by atoms with E-state index < -0.39 is 35.5 Å². The van der Waals surface area contributed by atoms with Crippen molar-refractivity contribution in [2.45, 2.75) is 30.8 Å². The van der Waals surface area contributed by atoms with Crippen molar-refractivity contribution in [3.63, 3.8) is 0 Å². The number of aliphatic hydroxyl groups excluding tert-OH is 2. The van der Waals surface area contributed by atoms with Gasteiger partial charge in [-0.1, -0.05) is 6.07 Å². The van der Waals surface area contributed by atoms with E-state index in [-0.39, 0.29) is 5.56 Å². The molecule has 0 amide bonds. The summed E-state index contributed by atoms with van der Waals surface area (Å²) in [5.74, 6) is -2.19. The van der Waals surface area contributed by atoms with Crippen molar-refractivity contribution < 1.29 is 28.8 Å². The van der Waals surface area contributed by atoms with Gasteiger partial charge in [0.15, 0.2) is 11.6 Å². The lowest BCUT2D eigenvalue weighted by molar-refractivity contribution is -0.0710. The predicted molar refractivity (Wildman–Crippen MR) is 57.1 cm³/mol. The van der Waals surface area contributed by atoms with Gasteiger partial charge < -0.3 is 20.1 Å². The van der Waals surface area contributed by atoms with Crippen molar-refractivity contribution in [1.29, 1.82) is 0 Å². The first-order valence-corrected chi connectivity index (χ1v) is 5.40. The lowest BCUT2D eigenvalue weighted by Gasteiger charge is -2.27. The first-order valence-electron chi connectivity index (χ1n) is 5.40. The molecule has 1 radical (unpaired) electrons. The Morgan fingerprint density at radius 3 is 2.50 bits per heavy atom. The summed E-state index contributed by atoms with van der Waals surface area (Å²) in [4.78, 5) is 0. The highest BCUT2D eigenvalue weighted by molar-refractivity contribution is 5.30. The molecule has 0 bridgehead atoms. The van der Waals surface area contributed by atoms with Gasteiger partial charge in [-0.2, -0.15) is 0 Å². The molecule has 1 aliphatic rings. The Hall–Kier alpha value is -1.08. The van der Waals surface area contributed by atoms with Crippen molar-refractivity contribution in [2.75, 3.05) is 0 Å². The maximum atomic E-state index is 13.1. The molecule has 2 rings (SSSR count). The highest BCUT2D eigenvalue weighted by Gasteiger charge is 2.51. The van der Waals surface area contributed by atoms with Crippen LogP contribution in [0.5, 0.6) is 0 Å². The van der Waals surface area contributed by atoms with Gasteiger partial charge >= 0.3 is 0 Å². The molecule has 0 saturated carbocycles. The lowest BCUT2D eigenvalue weighted by atomic mass is 9.87. The van der Waals surface area contributed by atoms with Gasteiger partial charge in [0.2, 0.25) is 0 Å². The molecule has 99 valence electrons. The van der Waals surface area contributed by atoms with Crippen molar-refractivity contribution in [3.8, 4) is 0 Å². The molecule has 6 heteroatoms. The van der Waals surface area contributed by atoms with Gasteiger partial charge in [0.1, 0.15) is 24.4 Å². The molecule has 1 aliphatic heterocycles. The number of hydrogen-bond acceptors (Lipinski definition) is 4. The van der Waals surface area contributed by atoms with Gasteiger partial charge in [-0.3, -0.25) is 0 Å². The van der Waals surface area contributed by atoms with Crippen LogP contribution in [0.15, 0.2) is 18.2 Å². The van der Waals surface area contributed by atoms with Crippen LogP contribution in [-0.2, 0) is 10.3 Å². The van der Waals surface area contributed by atoms with Crippen LogP contribution in [0.4, 0.5) is 8.78 Å². The molecule has 1 aromatic carbocycles. The second kappa shape index (κ2) is 4.55. The number of halogens is 2. The number of rotatable bonds is 2. The standard InChI is InChI=1S/C12H13F2O4/c1-6(15)10-11(16)12(17,5-18-10)7-2-3-8(13)9(14)4-7/h2-6,10-11,15-17H,1H3/t6?,10-,11-,12-/m1/s1. The van der Waals surface area contributed by atoms with Gasteiger partial charge in [0, 0.05) is 0 Å². The minimum Gasteiger partial charge on any atom is -0.391 e. The summed E-state index contributed by atoms with van der Waals surface area (Å²) in [7, 11) is 0. The quantitative estimate of drug-likeness (QED) is 0.721. The third kappa shape index (κ3) is 2.01. The van der Waals surface area contributed by atoms with Crippen LogP contribution in [0.1, 0.15) is 12.5 Å².